The van der Waals surface area contributed by atoms with Gasteiger partial charge >= 0.3 is 6.18 Å². The summed E-state index contributed by atoms with van der Waals surface area (Å²) < 4.78 is 43.9. The van der Waals surface area contributed by atoms with Crippen LogP contribution in [0.25, 0.3) is 20.5 Å². The molecule has 0 fully saturated rings. The highest BCUT2D eigenvalue weighted by Crippen LogP contribution is 2.34. The van der Waals surface area contributed by atoms with Crippen molar-refractivity contribution in [3.8, 4) is 16.2 Å². The topological polar surface area (TPSA) is 26.3 Å². The van der Waals surface area contributed by atoms with E-state index in [1.165, 1.54) is 23.5 Å². The second kappa shape index (κ2) is 5.70. The van der Waals surface area contributed by atoms with Crippen molar-refractivity contribution in [1.29, 1.82) is 0 Å². The van der Waals surface area contributed by atoms with E-state index in [1.54, 1.807) is 31.4 Å². The molecule has 0 aliphatic rings. The van der Waals surface area contributed by atoms with Gasteiger partial charge in [0.1, 0.15) is 5.75 Å². The first kappa shape index (κ1) is 15.6. The molecule has 0 N–H and O–H groups in total. The molecule has 0 amide bonds. The largest absolute Gasteiger partial charge is 0.497 e. The molecule has 0 unspecified atom stereocenters. The quantitative estimate of drug-likeness (QED) is 0.661. The van der Waals surface area contributed by atoms with Crippen LogP contribution in [-0.4, -0.2) is 7.11 Å². The molecule has 0 atom stereocenters. The number of halogens is 3. The van der Waals surface area contributed by atoms with Crippen LogP contribution in [0, 0.1) is 0 Å². The van der Waals surface area contributed by atoms with Crippen molar-refractivity contribution in [1.82, 2.24) is 0 Å². The average molecular weight is 336 g/mol. The van der Waals surface area contributed by atoms with Crippen molar-refractivity contribution < 1.29 is 17.9 Å². The summed E-state index contributed by atoms with van der Waals surface area (Å²) in [4.78, 5) is 12.9. The first-order valence-electron chi connectivity index (χ1n) is 6.68. The minimum Gasteiger partial charge on any atom is -0.497 e. The summed E-state index contributed by atoms with van der Waals surface area (Å²) in [6.45, 7) is 0. The third-order valence-electron chi connectivity index (χ3n) is 3.43. The molecule has 118 valence electrons. The predicted molar refractivity (Wildman–Crippen MR) is 85.1 cm³/mol. The number of methoxy groups -OCH3 is 1. The van der Waals surface area contributed by atoms with E-state index >= 15 is 0 Å². The van der Waals surface area contributed by atoms with Crippen LogP contribution in [0.15, 0.2) is 53.3 Å². The minimum atomic E-state index is -4.46. The van der Waals surface area contributed by atoms with Gasteiger partial charge in [-0.1, -0.05) is 0 Å². The van der Waals surface area contributed by atoms with Crippen LogP contribution in [-0.2, 0) is 6.18 Å². The molecule has 0 radical (unpaired) electrons. The molecule has 0 saturated carbocycles. The highest BCUT2D eigenvalue weighted by molar-refractivity contribution is 7.21. The fourth-order valence-electron chi connectivity index (χ4n) is 2.23. The third-order valence-corrected chi connectivity index (χ3v) is 4.58. The number of benzene rings is 2. The average Bonchev–Trinajstić information content (AvgIpc) is 2.53. The Labute approximate surface area is 133 Å². The van der Waals surface area contributed by atoms with E-state index in [9.17, 15) is 18.0 Å². The van der Waals surface area contributed by atoms with E-state index < -0.39 is 17.2 Å². The molecule has 2 aromatic carbocycles. The number of hydrogen-bond donors (Lipinski definition) is 0. The van der Waals surface area contributed by atoms with Crippen molar-refractivity contribution in [3.63, 3.8) is 0 Å². The summed E-state index contributed by atoms with van der Waals surface area (Å²) in [5.41, 5.74) is -0.420. The summed E-state index contributed by atoms with van der Waals surface area (Å²) in [5, 5.41) is 0.0853. The summed E-state index contributed by atoms with van der Waals surface area (Å²) >= 11 is 1.28. The zero-order chi connectivity index (χ0) is 16.6. The van der Waals surface area contributed by atoms with Gasteiger partial charge in [-0.15, -0.1) is 11.3 Å². The predicted octanol–water partition coefficient (Wildman–Crippen LogP) is 4.96. The number of rotatable bonds is 2. The van der Waals surface area contributed by atoms with E-state index in [-0.39, 0.29) is 5.39 Å². The summed E-state index contributed by atoms with van der Waals surface area (Å²) in [5.74, 6) is 0.691. The van der Waals surface area contributed by atoms with Crippen LogP contribution in [0.1, 0.15) is 5.56 Å². The Kier molecular flexibility index (Phi) is 3.85. The highest BCUT2D eigenvalue weighted by Gasteiger charge is 2.30. The Morgan fingerprint density at radius 3 is 2.30 bits per heavy atom. The van der Waals surface area contributed by atoms with Crippen LogP contribution >= 0.6 is 11.3 Å². The SMILES string of the molecule is COc1ccc(-c2cc(=O)c3cc(C(F)(F)F)ccc3s2)cc1. The van der Waals surface area contributed by atoms with E-state index in [0.29, 0.717) is 15.3 Å². The van der Waals surface area contributed by atoms with Crippen LogP contribution < -0.4 is 10.2 Å². The molecular formula is C17H11F3O2S. The van der Waals surface area contributed by atoms with Gasteiger partial charge in [0, 0.05) is 21.0 Å². The molecule has 2 nitrogen and oxygen atoms in total. The molecule has 1 heterocycles. The monoisotopic (exact) mass is 336 g/mol. The van der Waals surface area contributed by atoms with Crippen LogP contribution in [0.5, 0.6) is 5.75 Å². The lowest BCUT2D eigenvalue weighted by molar-refractivity contribution is -0.137. The second-order valence-corrected chi connectivity index (χ2v) is 6.00. The van der Waals surface area contributed by atoms with Crippen molar-refractivity contribution in [2.45, 2.75) is 6.18 Å². The third kappa shape index (κ3) is 3.07. The first-order valence-corrected chi connectivity index (χ1v) is 7.49. The Morgan fingerprint density at radius 1 is 1.00 bits per heavy atom. The molecule has 3 aromatic rings. The van der Waals surface area contributed by atoms with Gasteiger partial charge < -0.3 is 4.74 Å². The van der Waals surface area contributed by atoms with E-state index in [4.69, 9.17) is 4.74 Å². The van der Waals surface area contributed by atoms with E-state index in [0.717, 1.165) is 17.7 Å². The van der Waals surface area contributed by atoms with Crippen LogP contribution in [0.2, 0.25) is 0 Å². The highest BCUT2D eigenvalue weighted by atomic mass is 32.1. The summed E-state index contributed by atoms with van der Waals surface area (Å²) in [6.07, 6.45) is -4.46. The van der Waals surface area contributed by atoms with Gasteiger partial charge in [0.2, 0.25) is 0 Å². The molecule has 23 heavy (non-hydrogen) atoms. The zero-order valence-corrected chi connectivity index (χ0v) is 12.8. The summed E-state index contributed by atoms with van der Waals surface area (Å²) in [6, 6.07) is 11.8. The molecule has 3 rings (SSSR count). The minimum absolute atomic E-state index is 0.0853. The van der Waals surface area contributed by atoms with Crippen molar-refractivity contribution in [2.75, 3.05) is 7.11 Å². The lowest BCUT2D eigenvalue weighted by atomic mass is 10.1. The molecule has 0 aliphatic heterocycles. The van der Waals surface area contributed by atoms with Gasteiger partial charge in [-0.2, -0.15) is 13.2 Å². The molecule has 0 aliphatic carbocycles. The Hall–Kier alpha value is -2.34. The van der Waals surface area contributed by atoms with Crippen LogP contribution in [0.4, 0.5) is 13.2 Å². The first-order chi connectivity index (χ1) is 10.9. The smallest absolute Gasteiger partial charge is 0.416 e. The van der Waals surface area contributed by atoms with Gasteiger partial charge in [0.05, 0.1) is 12.7 Å². The molecular weight excluding hydrogens is 325 g/mol. The Balaban J connectivity index is 2.12. The lowest BCUT2D eigenvalue weighted by Crippen LogP contribution is -2.07. The lowest BCUT2D eigenvalue weighted by Gasteiger charge is -2.08. The fraction of sp³-hybridized carbons (Fsp3) is 0.118. The van der Waals surface area contributed by atoms with Crippen molar-refractivity contribution >= 4 is 21.4 Å². The van der Waals surface area contributed by atoms with Gasteiger partial charge in [-0.25, -0.2) is 0 Å². The van der Waals surface area contributed by atoms with Gasteiger partial charge in [0.25, 0.3) is 0 Å². The normalized spacial score (nSPS) is 11.7. The molecule has 0 saturated heterocycles. The Morgan fingerprint density at radius 2 is 1.70 bits per heavy atom. The van der Waals surface area contributed by atoms with Crippen molar-refractivity contribution in [2.24, 2.45) is 0 Å². The number of alkyl halides is 3. The number of ether oxygens (including phenoxy) is 1. The second-order valence-electron chi connectivity index (χ2n) is 4.91. The maximum atomic E-state index is 12.8. The van der Waals surface area contributed by atoms with E-state index in [1.807, 2.05) is 0 Å². The van der Waals surface area contributed by atoms with Crippen LogP contribution in [0.3, 0.4) is 0 Å². The summed E-state index contributed by atoms with van der Waals surface area (Å²) in [7, 11) is 1.56. The standard InChI is InChI=1S/C17H11F3O2S/c1-22-12-5-2-10(3-6-12)16-9-14(21)13-8-11(17(18,19)20)4-7-15(13)23-16/h2-9H,1H3. The fourth-order valence-corrected chi connectivity index (χ4v) is 3.29. The van der Waals surface area contributed by atoms with Gasteiger partial charge in [0.15, 0.2) is 5.43 Å². The number of fused-ring (bicyclic) bond motifs is 1. The van der Waals surface area contributed by atoms with Crippen molar-refractivity contribution in [3.05, 3.63) is 64.3 Å². The van der Waals surface area contributed by atoms with Gasteiger partial charge in [-0.05, 0) is 48.0 Å². The zero-order valence-electron chi connectivity index (χ0n) is 12.0. The van der Waals surface area contributed by atoms with Gasteiger partial charge in [-0.3, -0.25) is 4.79 Å². The number of hydrogen-bond acceptors (Lipinski definition) is 3. The van der Waals surface area contributed by atoms with E-state index in [2.05, 4.69) is 0 Å². The Bertz CT molecular complexity index is 912. The maximum Gasteiger partial charge on any atom is 0.416 e. The molecule has 0 spiro atoms. The maximum absolute atomic E-state index is 12.8. The molecule has 1 aromatic heterocycles. The molecule has 0 bridgehead atoms. The molecule has 6 heteroatoms.